The molecule has 14 heteroatoms. The van der Waals surface area contributed by atoms with Crippen LogP contribution in [0.5, 0.6) is 0 Å². The Kier molecular flexibility index (Phi) is 55.5. The first-order valence-electron chi connectivity index (χ1n) is 37.8. The molecule has 0 aromatic rings. The lowest BCUT2D eigenvalue weighted by atomic mass is 9.97. The summed E-state index contributed by atoms with van der Waals surface area (Å²) in [5.41, 5.74) is 0. The van der Waals surface area contributed by atoms with Crippen LogP contribution in [-0.2, 0) is 23.7 Å². The molecule has 2 fully saturated rings. The van der Waals surface area contributed by atoms with Crippen molar-refractivity contribution in [1.82, 2.24) is 5.32 Å². The summed E-state index contributed by atoms with van der Waals surface area (Å²) in [5.74, 6) is -0.197. The van der Waals surface area contributed by atoms with E-state index in [-0.39, 0.29) is 12.5 Å². The van der Waals surface area contributed by atoms with E-state index in [0.717, 1.165) is 51.4 Å². The van der Waals surface area contributed by atoms with Crippen molar-refractivity contribution in [2.75, 3.05) is 19.8 Å². The zero-order chi connectivity index (χ0) is 63.1. The van der Waals surface area contributed by atoms with Gasteiger partial charge in [0.1, 0.15) is 48.8 Å². The van der Waals surface area contributed by atoms with Crippen molar-refractivity contribution in [3.8, 4) is 0 Å². The fourth-order valence-corrected chi connectivity index (χ4v) is 13.1. The standard InChI is InChI=1S/C73H143NO13/c1-3-5-7-9-11-13-15-17-19-21-23-25-26-27-28-29-30-31-32-33-34-35-36-37-38-40-42-44-46-48-50-52-54-56-62(77)61(74-65(78)57-55-53-51-49-47-45-43-41-39-24-22-20-18-16-14-12-10-8-6-4-2)60-84-72-70(83)68(81)71(64(59-76)86-72)87-73-69(82)67(80)66(79)63(58-75)85-73/h61-64,66-73,75-77,79-83H,3-60H2,1-2H3,(H,74,78). The van der Waals surface area contributed by atoms with Gasteiger partial charge in [0.15, 0.2) is 12.6 Å². The number of carbonyl (C=O) groups excluding carboxylic acids is 1. The lowest BCUT2D eigenvalue weighted by Gasteiger charge is -2.46. The zero-order valence-corrected chi connectivity index (χ0v) is 56.6. The molecular weight excluding hydrogens is 1100 g/mol. The summed E-state index contributed by atoms with van der Waals surface area (Å²) < 4.78 is 23.0. The van der Waals surface area contributed by atoms with Gasteiger partial charge in [-0.2, -0.15) is 0 Å². The second-order valence-corrected chi connectivity index (χ2v) is 27.1. The van der Waals surface area contributed by atoms with Crippen LogP contribution in [0.2, 0.25) is 0 Å². The smallest absolute Gasteiger partial charge is 0.220 e. The minimum Gasteiger partial charge on any atom is -0.394 e. The number of amides is 1. The third kappa shape index (κ3) is 42.8. The normalized spacial score (nSPS) is 23.1. The molecule has 0 aliphatic carbocycles. The van der Waals surface area contributed by atoms with Gasteiger partial charge in [0.05, 0.1) is 32.0 Å². The highest BCUT2D eigenvalue weighted by molar-refractivity contribution is 5.76. The summed E-state index contributed by atoms with van der Waals surface area (Å²) in [6.45, 7) is 2.94. The van der Waals surface area contributed by atoms with E-state index in [2.05, 4.69) is 19.2 Å². The predicted molar refractivity (Wildman–Crippen MR) is 356 cm³/mol. The molecule has 2 heterocycles. The molecule has 2 aliphatic heterocycles. The van der Waals surface area contributed by atoms with Crippen LogP contribution < -0.4 is 5.32 Å². The van der Waals surface area contributed by atoms with Gasteiger partial charge in [-0.3, -0.25) is 4.79 Å². The Morgan fingerprint density at radius 1 is 0.368 bits per heavy atom. The molecule has 1 amide bonds. The number of carbonyl (C=O) groups is 1. The molecule has 0 saturated carbocycles. The Labute approximate surface area is 534 Å². The fourth-order valence-electron chi connectivity index (χ4n) is 13.1. The van der Waals surface area contributed by atoms with Gasteiger partial charge in [-0.05, 0) is 12.8 Å². The minimum atomic E-state index is -1.78. The van der Waals surface area contributed by atoms with E-state index in [0.29, 0.717) is 12.8 Å². The zero-order valence-electron chi connectivity index (χ0n) is 56.6. The Hall–Kier alpha value is -1.01. The van der Waals surface area contributed by atoms with Crippen molar-refractivity contribution >= 4 is 5.91 Å². The maximum Gasteiger partial charge on any atom is 0.220 e. The van der Waals surface area contributed by atoms with Gasteiger partial charge in [0.2, 0.25) is 5.91 Å². The molecule has 0 spiro atoms. The van der Waals surface area contributed by atoms with Crippen LogP contribution in [0.15, 0.2) is 0 Å². The summed E-state index contributed by atoms with van der Waals surface area (Å²) >= 11 is 0. The first-order chi connectivity index (χ1) is 42.6. The SMILES string of the molecule is CCCCCCCCCCCCCCCCCCCCCCCCCCCCCCCCCCCC(O)C(COC1OC(CO)C(OC2OC(CO)C(O)C(O)C2O)C(O)C1O)NC(=O)CCCCCCCCCCCCCCCCCCCCCC. The Morgan fingerprint density at radius 3 is 0.977 bits per heavy atom. The van der Waals surface area contributed by atoms with E-state index in [4.69, 9.17) is 18.9 Å². The number of ether oxygens (including phenoxy) is 4. The number of nitrogens with one attached hydrogen (secondary N) is 1. The lowest BCUT2D eigenvalue weighted by molar-refractivity contribution is -0.359. The number of hydrogen-bond donors (Lipinski definition) is 9. The molecule has 14 nitrogen and oxygen atoms in total. The van der Waals surface area contributed by atoms with Crippen molar-refractivity contribution in [2.24, 2.45) is 0 Å². The molecule has 2 aliphatic rings. The third-order valence-corrected chi connectivity index (χ3v) is 19.1. The first-order valence-corrected chi connectivity index (χ1v) is 37.8. The van der Waals surface area contributed by atoms with E-state index in [9.17, 15) is 45.6 Å². The van der Waals surface area contributed by atoms with Crippen molar-refractivity contribution in [3.63, 3.8) is 0 Å². The number of unbranched alkanes of at least 4 members (excludes halogenated alkanes) is 51. The van der Waals surface area contributed by atoms with E-state index in [1.807, 2.05) is 0 Å². The average Bonchev–Trinajstić information content (AvgIpc) is 2.50. The van der Waals surface area contributed by atoms with Crippen LogP contribution in [0, 0.1) is 0 Å². The quantitative estimate of drug-likeness (QED) is 0.0259. The Bertz CT molecular complexity index is 1460. The molecule has 12 atom stereocenters. The Morgan fingerprint density at radius 2 is 0.655 bits per heavy atom. The maximum atomic E-state index is 13.4. The highest BCUT2D eigenvalue weighted by Gasteiger charge is 2.51. The molecule has 0 bridgehead atoms. The topological polar surface area (TPSA) is 228 Å². The highest BCUT2D eigenvalue weighted by Crippen LogP contribution is 2.30. The molecule has 2 rings (SSSR count). The van der Waals surface area contributed by atoms with Gasteiger partial charge >= 0.3 is 0 Å². The second kappa shape index (κ2) is 58.8. The molecule has 87 heavy (non-hydrogen) atoms. The lowest BCUT2D eigenvalue weighted by Crippen LogP contribution is -2.65. The summed E-state index contributed by atoms with van der Waals surface area (Å²) in [4.78, 5) is 13.4. The van der Waals surface area contributed by atoms with Crippen LogP contribution >= 0.6 is 0 Å². The largest absolute Gasteiger partial charge is 0.394 e. The van der Waals surface area contributed by atoms with Crippen LogP contribution in [0.25, 0.3) is 0 Å². The summed E-state index contributed by atoms with van der Waals surface area (Å²) in [6, 6.07) is -0.825. The van der Waals surface area contributed by atoms with E-state index in [1.54, 1.807) is 0 Å². The molecule has 0 aromatic heterocycles. The van der Waals surface area contributed by atoms with Gasteiger partial charge in [-0.1, -0.05) is 348 Å². The predicted octanol–water partition coefficient (Wildman–Crippen LogP) is 16.0. The molecule has 518 valence electrons. The summed E-state index contributed by atoms with van der Waals surface area (Å²) in [6.07, 6.45) is 54.2. The van der Waals surface area contributed by atoms with Crippen molar-refractivity contribution in [2.45, 2.75) is 441 Å². The monoisotopic (exact) mass is 1240 g/mol. The van der Waals surface area contributed by atoms with Crippen LogP contribution in [0.3, 0.4) is 0 Å². The number of rotatable bonds is 64. The maximum absolute atomic E-state index is 13.4. The fraction of sp³-hybridized carbons (Fsp3) is 0.986. The average molecular weight is 1240 g/mol. The number of aliphatic hydroxyl groups excluding tert-OH is 8. The van der Waals surface area contributed by atoms with Gasteiger partial charge in [-0.25, -0.2) is 0 Å². The van der Waals surface area contributed by atoms with E-state index in [1.165, 1.54) is 289 Å². The van der Waals surface area contributed by atoms with Crippen molar-refractivity contribution in [1.29, 1.82) is 0 Å². The van der Waals surface area contributed by atoms with Gasteiger partial charge < -0.3 is 65.1 Å². The third-order valence-electron chi connectivity index (χ3n) is 19.1. The summed E-state index contributed by atoms with van der Waals surface area (Å²) in [7, 11) is 0. The first kappa shape index (κ1) is 82.1. The van der Waals surface area contributed by atoms with Gasteiger partial charge in [0.25, 0.3) is 0 Å². The number of aliphatic hydroxyl groups is 8. The Balaban J connectivity index is 1.61. The van der Waals surface area contributed by atoms with Gasteiger partial charge in [-0.15, -0.1) is 0 Å². The van der Waals surface area contributed by atoms with Crippen molar-refractivity contribution in [3.05, 3.63) is 0 Å². The van der Waals surface area contributed by atoms with Crippen LogP contribution in [-0.4, -0.2) is 140 Å². The van der Waals surface area contributed by atoms with Crippen LogP contribution in [0.1, 0.15) is 367 Å². The minimum absolute atomic E-state index is 0.197. The molecule has 9 N–H and O–H groups in total. The van der Waals surface area contributed by atoms with Crippen LogP contribution in [0.4, 0.5) is 0 Å². The molecule has 0 aromatic carbocycles. The van der Waals surface area contributed by atoms with E-state index >= 15 is 0 Å². The highest BCUT2D eigenvalue weighted by atomic mass is 16.7. The molecule has 0 radical (unpaired) electrons. The second-order valence-electron chi connectivity index (χ2n) is 27.1. The molecule has 2 saturated heterocycles. The molecule has 12 unspecified atom stereocenters. The van der Waals surface area contributed by atoms with E-state index < -0.39 is 86.8 Å². The van der Waals surface area contributed by atoms with Crippen molar-refractivity contribution < 1.29 is 64.6 Å². The molecular formula is C73H143NO13. The summed E-state index contributed by atoms with van der Waals surface area (Å²) in [5, 5.41) is 87.7. The van der Waals surface area contributed by atoms with Gasteiger partial charge in [0, 0.05) is 6.42 Å². The number of hydrogen-bond acceptors (Lipinski definition) is 13.